The molecule has 1 fully saturated rings. The normalized spacial score (nSPS) is 18.1. The van der Waals surface area contributed by atoms with Gasteiger partial charge in [0, 0.05) is 21.8 Å². The van der Waals surface area contributed by atoms with E-state index in [4.69, 9.17) is 39.8 Å². The van der Waals surface area contributed by atoms with Gasteiger partial charge in [0.05, 0.1) is 17.4 Å². The Bertz CT molecular complexity index is 1280. The summed E-state index contributed by atoms with van der Waals surface area (Å²) in [6, 6.07) is 21.1. The van der Waals surface area contributed by atoms with Crippen LogP contribution in [0.1, 0.15) is 23.5 Å². The minimum atomic E-state index is -0.400. The number of benzene rings is 2. The largest absolute Gasteiger partial charge is 0.506 e. The van der Waals surface area contributed by atoms with Crippen molar-refractivity contribution < 1.29 is 9.52 Å². The average molecular weight is 482 g/mol. The minimum absolute atomic E-state index is 0.0645. The summed E-state index contributed by atoms with van der Waals surface area (Å²) in [5.74, 6) is 1.43. The van der Waals surface area contributed by atoms with Crippen LogP contribution in [0.25, 0.3) is 11.3 Å². The van der Waals surface area contributed by atoms with E-state index in [0.29, 0.717) is 32.4 Å². The van der Waals surface area contributed by atoms with Gasteiger partial charge in [-0.05, 0) is 78.9 Å². The number of thiocarbonyl (C=S) groups is 1. The van der Waals surface area contributed by atoms with Crippen molar-refractivity contribution in [3.05, 3.63) is 100 Å². The maximum atomic E-state index is 10.6. The Morgan fingerprint density at radius 1 is 0.969 bits per heavy atom. The van der Waals surface area contributed by atoms with Gasteiger partial charge in [-0.2, -0.15) is 0 Å². The van der Waals surface area contributed by atoms with E-state index >= 15 is 0 Å². The van der Waals surface area contributed by atoms with Gasteiger partial charge < -0.3 is 19.7 Å². The lowest BCUT2D eigenvalue weighted by Crippen LogP contribution is -2.29. The summed E-state index contributed by atoms with van der Waals surface area (Å²) in [5, 5.41) is 15.5. The Balaban J connectivity index is 1.62. The molecule has 0 bridgehead atoms. The van der Waals surface area contributed by atoms with Gasteiger partial charge in [0.2, 0.25) is 0 Å². The highest BCUT2D eigenvalue weighted by atomic mass is 35.5. The smallest absolute Gasteiger partial charge is 0.174 e. The lowest BCUT2D eigenvalue weighted by Gasteiger charge is -2.26. The summed E-state index contributed by atoms with van der Waals surface area (Å²) in [5.41, 5.74) is 2.19. The molecule has 8 heteroatoms. The third kappa shape index (κ3) is 3.81. The van der Waals surface area contributed by atoms with Crippen LogP contribution >= 0.6 is 35.4 Å². The Hall–Kier alpha value is -3.06. The van der Waals surface area contributed by atoms with Gasteiger partial charge in [-0.1, -0.05) is 29.3 Å². The van der Waals surface area contributed by atoms with Crippen molar-refractivity contribution in [1.29, 1.82) is 0 Å². The van der Waals surface area contributed by atoms with Crippen LogP contribution < -0.4 is 10.2 Å². The number of anilines is 1. The molecule has 0 saturated carbocycles. The second kappa shape index (κ2) is 8.47. The highest BCUT2D eigenvalue weighted by Gasteiger charge is 2.43. The molecule has 0 spiro atoms. The van der Waals surface area contributed by atoms with Gasteiger partial charge in [0.1, 0.15) is 23.3 Å². The number of aromatic nitrogens is 1. The van der Waals surface area contributed by atoms with E-state index in [2.05, 4.69) is 10.3 Å². The van der Waals surface area contributed by atoms with Crippen LogP contribution in [-0.2, 0) is 0 Å². The van der Waals surface area contributed by atoms with Crippen molar-refractivity contribution in [2.45, 2.75) is 12.1 Å². The van der Waals surface area contributed by atoms with E-state index < -0.39 is 6.04 Å². The second-order valence-corrected chi connectivity index (χ2v) is 8.60. The van der Waals surface area contributed by atoms with Crippen LogP contribution in [0.15, 0.2) is 83.4 Å². The summed E-state index contributed by atoms with van der Waals surface area (Å²) >= 11 is 17.9. The number of phenolic OH excluding ortho intramolecular Hbond substituents is 1. The second-order valence-electron chi connectivity index (χ2n) is 7.34. The van der Waals surface area contributed by atoms with E-state index in [1.807, 2.05) is 59.5 Å². The fourth-order valence-corrected chi connectivity index (χ4v) is 4.51. The molecular formula is C24H17Cl2N3O2S. The number of rotatable bonds is 4. The molecule has 0 unspecified atom stereocenters. The SMILES string of the molecule is Oc1ccc(Cl)cc1N1C(=S)N[C@@H](c2ccccn2)[C@@H]1c1ccc(-c2ccc(Cl)cc2)o1. The molecular weight excluding hydrogens is 465 g/mol. The molecule has 1 saturated heterocycles. The molecule has 160 valence electrons. The van der Waals surface area contributed by atoms with Crippen LogP contribution in [0, 0.1) is 0 Å². The first-order valence-electron chi connectivity index (χ1n) is 9.86. The van der Waals surface area contributed by atoms with Gasteiger partial charge in [-0.15, -0.1) is 0 Å². The molecule has 1 aliphatic rings. The minimum Gasteiger partial charge on any atom is -0.506 e. The van der Waals surface area contributed by atoms with Crippen LogP contribution in [-0.4, -0.2) is 15.2 Å². The zero-order valence-corrected chi connectivity index (χ0v) is 18.9. The molecule has 2 atom stereocenters. The zero-order valence-electron chi connectivity index (χ0n) is 16.6. The number of nitrogens with one attached hydrogen (secondary N) is 1. The lowest BCUT2D eigenvalue weighted by molar-refractivity contribution is 0.434. The first kappa shape index (κ1) is 20.8. The van der Waals surface area contributed by atoms with Crippen LogP contribution in [0.2, 0.25) is 10.0 Å². The van der Waals surface area contributed by atoms with Crippen molar-refractivity contribution in [1.82, 2.24) is 10.3 Å². The van der Waals surface area contributed by atoms with E-state index in [1.165, 1.54) is 0 Å². The Labute approximate surface area is 200 Å². The fraction of sp³-hybridized carbons (Fsp3) is 0.0833. The van der Waals surface area contributed by atoms with Crippen molar-refractivity contribution in [2.75, 3.05) is 4.90 Å². The number of halogens is 2. The zero-order chi connectivity index (χ0) is 22.2. The fourth-order valence-electron chi connectivity index (χ4n) is 3.87. The molecule has 2 N–H and O–H groups in total. The molecule has 0 aliphatic carbocycles. The average Bonchev–Trinajstić information content (AvgIpc) is 3.41. The summed E-state index contributed by atoms with van der Waals surface area (Å²) in [6.07, 6.45) is 1.73. The van der Waals surface area contributed by atoms with Gasteiger partial charge in [-0.25, -0.2) is 0 Å². The highest BCUT2D eigenvalue weighted by molar-refractivity contribution is 7.80. The lowest BCUT2D eigenvalue weighted by atomic mass is 10.0. The van der Waals surface area contributed by atoms with Crippen molar-refractivity contribution in [3.63, 3.8) is 0 Å². The Morgan fingerprint density at radius 2 is 1.75 bits per heavy atom. The molecule has 2 aromatic heterocycles. The molecule has 1 aliphatic heterocycles. The van der Waals surface area contributed by atoms with Gasteiger partial charge in [0.15, 0.2) is 5.11 Å². The standard InChI is InChI=1S/C24H17Cl2N3O2S/c25-15-6-4-14(5-7-15)20-10-11-21(31-20)23-22(17-3-1-2-12-27-17)28-24(32)29(23)18-13-16(26)8-9-19(18)30/h1-13,22-23,30H,(H,28,32)/t22-,23-/m0/s1. The summed E-state index contributed by atoms with van der Waals surface area (Å²) in [7, 11) is 0. The van der Waals surface area contributed by atoms with E-state index in [9.17, 15) is 5.11 Å². The highest BCUT2D eigenvalue weighted by Crippen LogP contribution is 2.45. The van der Waals surface area contributed by atoms with Crippen molar-refractivity contribution in [3.8, 4) is 17.1 Å². The molecule has 2 aromatic carbocycles. The molecule has 0 radical (unpaired) electrons. The summed E-state index contributed by atoms with van der Waals surface area (Å²) in [6.45, 7) is 0. The van der Waals surface area contributed by atoms with E-state index in [0.717, 1.165) is 11.3 Å². The van der Waals surface area contributed by atoms with Gasteiger partial charge in [-0.3, -0.25) is 4.98 Å². The third-order valence-electron chi connectivity index (χ3n) is 5.34. The number of phenols is 1. The number of hydrogen-bond donors (Lipinski definition) is 2. The number of pyridine rings is 1. The van der Waals surface area contributed by atoms with Crippen LogP contribution in [0.5, 0.6) is 5.75 Å². The van der Waals surface area contributed by atoms with E-state index in [-0.39, 0.29) is 11.8 Å². The van der Waals surface area contributed by atoms with Crippen LogP contribution in [0.4, 0.5) is 5.69 Å². The van der Waals surface area contributed by atoms with Gasteiger partial charge in [0.25, 0.3) is 0 Å². The molecule has 5 nitrogen and oxygen atoms in total. The predicted molar refractivity (Wildman–Crippen MR) is 130 cm³/mol. The van der Waals surface area contributed by atoms with Gasteiger partial charge >= 0.3 is 0 Å². The quantitative estimate of drug-likeness (QED) is 0.323. The molecule has 3 heterocycles. The maximum Gasteiger partial charge on any atom is 0.174 e. The first-order chi connectivity index (χ1) is 15.5. The van der Waals surface area contributed by atoms with E-state index in [1.54, 1.807) is 24.4 Å². The molecule has 4 aromatic rings. The Kier molecular flexibility index (Phi) is 5.51. The first-order valence-corrected chi connectivity index (χ1v) is 11.0. The molecule has 5 rings (SSSR count). The number of aromatic hydroxyl groups is 1. The molecule has 0 amide bonds. The number of furan rings is 1. The number of hydrogen-bond acceptors (Lipinski definition) is 4. The van der Waals surface area contributed by atoms with Crippen molar-refractivity contribution >= 4 is 46.2 Å². The Morgan fingerprint density at radius 3 is 2.50 bits per heavy atom. The number of nitrogens with zero attached hydrogens (tertiary/aromatic N) is 2. The maximum absolute atomic E-state index is 10.6. The van der Waals surface area contributed by atoms with Crippen LogP contribution in [0.3, 0.4) is 0 Å². The summed E-state index contributed by atoms with van der Waals surface area (Å²) < 4.78 is 6.29. The van der Waals surface area contributed by atoms with Crippen molar-refractivity contribution in [2.24, 2.45) is 0 Å². The topological polar surface area (TPSA) is 61.5 Å². The molecule has 32 heavy (non-hydrogen) atoms. The third-order valence-corrected chi connectivity index (χ3v) is 6.14. The predicted octanol–water partition coefficient (Wildman–Crippen LogP) is 6.53. The summed E-state index contributed by atoms with van der Waals surface area (Å²) in [4.78, 5) is 6.34. The monoisotopic (exact) mass is 481 g/mol.